The molecule has 0 unspecified atom stereocenters. The van der Waals surface area contributed by atoms with Crippen LogP contribution in [0.2, 0.25) is 0 Å². The smallest absolute Gasteiger partial charge is 0.165 e. The van der Waals surface area contributed by atoms with Gasteiger partial charge in [0.2, 0.25) is 0 Å². The number of ether oxygens (including phenoxy) is 3. The van der Waals surface area contributed by atoms with Crippen LogP contribution in [-0.2, 0) is 21.4 Å². The highest BCUT2D eigenvalue weighted by molar-refractivity contribution is 5.83. The van der Waals surface area contributed by atoms with E-state index in [9.17, 15) is 4.79 Å². The molecular formula is C28H37NO4. The average Bonchev–Trinajstić information content (AvgIpc) is 3.57. The molecule has 1 aromatic rings. The molecule has 178 valence electrons. The summed E-state index contributed by atoms with van der Waals surface area (Å²) in [6, 6.07) is 4.90. The third-order valence-corrected chi connectivity index (χ3v) is 10.7. The van der Waals surface area contributed by atoms with Crippen LogP contribution in [0.5, 0.6) is 11.5 Å². The lowest BCUT2D eigenvalue weighted by molar-refractivity contribution is -0.272. The van der Waals surface area contributed by atoms with Crippen molar-refractivity contribution in [3.63, 3.8) is 0 Å². The van der Waals surface area contributed by atoms with E-state index in [0.717, 1.165) is 62.5 Å². The minimum atomic E-state index is -0.532. The fourth-order valence-electron chi connectivity index (χ4n) is 9.34. The molecule has 5 aliphatic carbocycles. The normalized spacial score (nSPS) is 42.1. The Morgan fingerprint density at radius 1 is 1.21 bits per heavy atom. The molecule has 5 nitrogen and oxygen atoms in total. The van der Waals surface area contributed by atoms with Crippen molar-refractivity contribution >= 4 is 5.78 Å². The molecule has 0 radical (unpaired) electrons. The van der Waals surface area contributed by atoms with Crippen molar-refractivity contribution in [2.24, 2.45) is 17.3 Å². The van der Waals surface area contributed by atoms with E-state index in [0.29, 0.717) is 18.2 Å². The Labute approximate surface area is 197 Å². The summed E-state index contributed by atoms with van der Waals surface area (Å²) in [6.07, 6.45) is 9.41. The summed E-state index contributed by atoms with van der Waals surface area (Å²) in [6.45, 7) is 4.48. The highest BCUT2D eigenvalue weighted by Crippen LogP contribution is 2.76. The number of hydrogen-bond acceptors (Lipinski definition) is 5. The molecule has 7 aliphatic rings. The van der Waals surface area contributed by atoms with Crippen LogP contribution in [0.15, 0.2) is 12.1 Å². The summed E-state index contributed by atoms with van der Waals surface area (Å²) in [7, 11) is 3.57. The molecule has 2 heterocycles. The Morgan fingerprint density at radius 2 is 2.06 bits per heavy atom. The molecule has 1 saturated heterocycles. The maximum absolute atomic E-state index is 13.6. The van der Waals surface area contributed by atoms with Gasteiger partial charge in [-0.25, -0.2) is 0 Å². The van der Waals surface area contributed by atoms with Crippen LogP contribution >= 0.6 is 0 Å². The summed E-state index contributed by atoms with van der Waals surface area (Å²) < 4.78 is 19.3. The topological polar surface area (TPSA) is 48.0 Å². The fraction of sp³-hybridized carbons (Fsp3) is 0.750. The zero-order valence-corrected chi connectivity index (χ0v) is 20.3. The molecular weight excluding hydrogens is 414 g/mol. The molecule has 0 aromatic heterocycles. The van der Waals surface area contributed by atoms with E-state index in [1.165, 1.54) is 30.5 Å². The number of nitrogens with zero attached hydrogens (tertiary/aromatic N) is 1. The van der Waals surface area contributed by atoms with Crippen molar-refractivity contribution in [3.8, 4) is 11.5 Å². The van der Waals surface area contributed by atoms with Crippen LogP contribution in [0, 0.1) is 17.3 Å². The molecule has 5 fully saturated rings. The van der Waals surface area contributed by atoms with E-state index >= 15 is 0 Å². The molecule has 0 N–H and O–H groups in total. The third kappa shape index (κ3) is 2.30. The molecule has 8 rings (SSSR count). The van der Waals surface area contributed by atoms with E-state index in [4.69, 9.17) is 14.2 Å². The summed E-state index contributed by atoms with van der Waals surface area (Å²) in [5.41, 5.74) is 2.35. The van der Waals surface area contributed by atoms with Gasteiger partial charge in [-0.3, -0.25) is 9.69 Å². The van der Waals surface area contributed by atoms with Gasteiger partial charge in [0, 0.05) is 42.5 Å². The van der Waals surface area contributed by atoms with Gasteiger partial charge in [0.1, 0.15) is 17.5 Å². The van der Waals surface area contributed by atoms with Crippen molar-refractivity contribution in [3.05, 3.63) is 23.3 Å². The first-order valence-electron chi connectivity index (χ1n) is 13.2. The molecule has 4 saturated carbocycles. The van der Waals surface area contributed by atoms with Gasteiger partial charge in [0.05, 0.1) is 13.0 Å². The second kappa shape index (κ2) is 6.75. The molecule has 6 atom stereocenters. The van der Waals surface area contributed by atoms with Gasteiger partial charge < -0.3 is 14.2 Å². The molecule has 33 heavy (non-hydrogen) atoms. The van der Waals surface area contributed by atoms with Crippen LogP contribution < -0.4 is 9.47 Å². The van der Waals surface area contributed by atoms with Crippen LogP contribution in [0.3, 0.4) is 0 Å². The lowest BCUT2D eigenvalue weighted by atomic mass is 9.34. The number of piperidine rings is 1. The van der Waals surface area contributed by atoms with Gasteiger partial charge >= 0.3 is 0 Å². The molecule has 2 aliphatic heterocycles. The molecule has 4 bridgehead atoms. The number of ketones is 1. The second-order valence-electron chi connectivity index (χ2n) is 11.8. The minimum Gasteiger partial charge on any atom is -0.493 e. The second-order valence-corrected chi connectivity index (χ2v) is 11.8. The molecule has 0 amide bonds. The highest BCUT2D eigenvalue weighted by atomic mass is 16.6. The third-order valence-electron chi connectivity index (χ3n) is 10.7. The predicted octanol–water partition coefficient (Wildman–Crippen LogP) is 4.29. The number of benzene rings is 1. The number of carbonyl (C=O) groups excluding carboxylic acids is 1. The first-order valence-corrected chi connectivity index (χ1v) is 13.2. The number of hydrogen-bond donors (Lipinski definition) is 0. The van der Waals surface area contributed by atoms with E-state index in [1.807, 2.05) is 7.11 Å². The molecule has 5 heteroatoms. The SMILES string of the molecule is CCCC(=O)[C@H]1C[C@@]23CC[C@]1(OC)[C@@H]1Oc4c(OC)ccc5c4[C@@]12CCN(CC1CC1)[C@@H]3C5. The number of Topliss-reactive ketones (excluding diaryl/α,β-unsaturated/α-hetero) is 1. The quantitative estimate of drug-likeness (QED) is 0.619. The Balaban J connectivity index is 1.46. The zero-order chi connectivity index (χ0) is 22.6. The van der Waals surface area contributed by atoms with Crippen LogP contribution in [0.1, 0.15) is 69.4 Å². The van der Waals surface area contributed by atoms with Gasteiger partial charge in [-0.2, -0.15) is 0 Å². The number of likely N-dealkylation sites (tertiary alicyclic amines) is 1. The van der Waals surface area contributed by atoms with Crippen LogP contribution in [0.25, 0.3) is 0 Å². The fourth-order valence-corrected chi connectivity index (χ4v) is 9.34. The highest BCUT2D eigenvalue weighted by Gasteiger charge is 2.81. The van der Waals surface area contributed by atoms with Gasteiger partial charge in [-0.1, -0.05) is 13.0 Å². The predicted molar refractivity (Wildman–Crippen MR) is 125 cm³/mol. The number of rotatable bonds is 7. The first kappa shape index (κ1) is 20.8. The van der Waals surface area contributed by atoms with Crippen molar-refractivity contribution < 1.29 is 19.0 Å². The first-order chi connectivity index (χ1) is 16.0. The van der Waals surface area contributed by atoms with Crippen LogP contribution in [-0.4, -0.2) is 55.7 Å². The summed E-state index contributed by atoms with van der Waals surface area (Å²) in [5.74, 6) is 2.98. The van der Waals surface area contributed by atoms with Gasteiger partial charge in [-0.15, -0.1) is 0 Å². The number of fused-ring (bicyclic) bond motifs is 2. The Kier molecular flexibility index (Phi) is 4.25. The monoisotopic (exact) mass is 451 g/mol. The van der Waals surface area contributed by atoms with Gasteiger partial charge in [-0.05, 0) is 75.5 Å². The largest absolute Gasteiger partial charge is 0.493 e. The Morgan fingerprint density at radius 3 is 2.79 bits per heavy atom. The Hall–Kier alpha value is -1.59. The van der Waals surface area contributed by atoms with E-state index in [2.05, 4.69) is 24.0 Å². The Bertz CT molecular complexity index is 1020. The van der Waals surface area contributed by atoms with Crippen molar-refractivity contribution in [2.75, 3.05) is 27.3 Å². The van der Waals surface area contributed by atoms with E-state index in [-0.39, 0.29) is 22.9 Å². The maximum Gasteiger partial charge on any atom is 0.165 e. The summed E-state index contributed by atoms with van der Waals surface area (Å²) >= 11 is 0. The van der Waals surface area contributed by atoms with E-state index in [1.54, 1.807) is 7.11 Å². The molecule has 2 spiro atoms. The summed E-state index contributed by atoms with van der Waals surface area (Å²) in [4.78, 5) is 16.5. The zero-order valence-electron chi connectivity index (χ0n) is 20.3. The number of methoxy groups -OCH3 is 2. The summed E-state index contributed by atoms with van der Waals surface area (Å²) in [5, 5.41) is 0. The lowest BCUT2D eigenvalue weighted by Crippen LogP contribution is -2.81. The van der Waals surface area contributed by atoms with Crippen molar-refractivity contribution in [2.45, 2.75) is 87.9 Å². The average molecular weight is 452 g/mol. The maximum atomic E-state index is 13.6. The lowest BCUT2D eigenvalue weighted by Gasteiger charge is -2.73. The van der Waals surface area contributed by atoms with Gasteiger partial charge in [0.15, 0.2) is 11.5 Å². The van der Waals surface area contributed by atoms with E-state index < -0.39 is 5.60 Å². The minimum absolute atomic E-state index is 0.0631. The van der Waals surface area contributed by atoms with Gasteiger partial charge in [0.25, 0.3) is 0 Å². The molecule has 1 aromatic carbocycles. The van der Waals surface area contributed by atoms with Crippen molar-refractivity contribution in [1.82, 2.24) is 4.90 Å². The van der Waals surface area contributed by atoms with Crippen molar-refractivity contribution in [1.29, 1.82) is 0 Å². The number of carbonyl (C=O) groups is 1. The standard InChI is InChI=1S/C28H37NO4/c1-4-5-20(30)19-15-26-10-11-28(19,32-3)25-27(26)12-13-29(16-17-6-7-17)22(26)14-18-8-9-21(31-2)24(33-25)23(18)27/h8-9,17,19,22,25H,4-7,10-16H2,1-3H3/t19-,22-,25-,26-,27+,28-/m1/s1. The van der Waals surface area contributed by atoms with Crippen LogP contribution in [0.4, 0.5) is 0 Å².